The van der Waals surface area contributed by atoms with E-state index in [2.05, 4.69) is 0 Å². The molecule has 11 heteroatoms. The third-order valence-electron chi connectivity index (χ3n) is 9.83. The number of allylic oxidation sites excluding steroid dienone is 1. The predicted molar refractivity (Wildman–Crippen MR) is 144 cm³/mol. The highest BCUT2D eigenvalue weighted by molar-refractivity contribution is 5.77. The number of rotatable bonds is 6. The van der Waals surface area contributed by atoms with Gasteiger partial charge in [0.25, 0.3) is 0 Å². The SMILES string of the molecule is COc1cc(F)c(C2(C)CC2)cc1C1=C(CN2C(=O)OC(c3cc(C(F)(F)F)cc(C(F)(F)F)c3)C2C)CC2(CC1)CC2. The molecule has 3 aliphatic carbocycles. The summed E-state index contributed by atoms with van der Waals surface area (Å²) in [7, 11) is 1.47. The molecule has 2 atom stereocenters. The van der Waals surface area contributed by atoms with E-state index in [0.29, 0.717) is 36.3 Å². The minimum atomic E-state index is -5.02. The number of carbonyl (C=O) groups is 1. The summed E-state index contributed by atoms with van der Waals surface area (Å²) in [6.07, 6.45) is -6.12. The number of hydrogen-bond acceptors (Lipinski definition) is 3. The first-order chi connectivity index (χ1) is 20.0. The van der Waals surface area contributed by atoms with Gasteiger partial charge in [0, 0.05) is 18.2 Å². The van der Waals surface area contributed by atoms with Gasteiger partial charge in [0.2, 0.25) is 0 Å². The number of cyclic esters (lactones) is 1. The average molecular weight is 612 g/mol. The van der Waals surface area contributed by atoms with E-state index in [-0.39, 0.29) is 34.8 Å². The van der Waals surface area contributed by atoms with Crippen LogP contribution in [0, 0.1) is 11.2 Å². The van der Waals surface area contributed by atoms with Gasteiger partial charge in [-0.25, -0.2) is 9.18 Å². The number of halogens is 7. The predicted octanol–water partition coefficient (Wildman–Crippen LogP) is 9.22. The van der Waals surface area contributed by atoms with Gasteiger partial charge in [-0.1, -0.05) is 6.92 Å². The fraction of sp³-hybridized carbons (Fsp3) is 0.531. The van der Waals surface area contributed by atoms with E-state index in [4.69, 9.17) is 9.47 Å². The molecule has 4 nitrogen and oxygen atoms in total. The highest BCUT2D eigenvalue weighted by atomic mass is 19.4. The maximum absolute atomic E-state index is 15.1. The lowest BCUT2D eigenvalue weighted by Gasteiger charge is -2.32. The van der Waals surface area contributed by atoms with Crippen LogP contribution in [0.5, 0.6) is 5.75 Å². The van der Waals surface area contributed by atoms with Crippen molar-refractivity contribution in [1.29, 1.82) is 0 Å². The van der Waals surface area contributed by atoms with E-state index in [1.54, 1.807) is 6.92 Å². The molecule has 3 fully saturated rings. The molecule has 2 aromatic carbocycles. The summed E-state index contributed by atoms with van der Waals surface area (Å²) in [5.74, 6) is 0.0411. The molecule has 6 rings (SSSR count). The fourth-order valence-electron chi connectivity index (χ4n) is 6.68. The number of amides is 1. The van der Waals surface area contributed by atoms with E-state index in [1.165, 1.54) is 18.1 Å². The summed E-state index contributed by atoms with van der Waals surface area (Å²) in [4.78, 5) is 14.5. The van der Waals surface area contributed by atoms with E-state index in [0.717, 1.165) is 48.8 Å². The third kappa shape index (κ3) is 5.48. The van der Waals surface area contributed by atoms with Gasteiger partial charge in [-0.2, -0.15) is 26.3 Å². The Morgan fingerprint density at radius 3 is 2.12 bits per heavy atom. The Hall–Kier alpha value is -3.24. The number of benzene rings is 2. The summed E-state index contributed by atoms with van der Waals surface area (Å²) in [5.41, 5.74) is -0.226. The van der Waals surface area contributed by atoms with Crippen LogP contribution in [0.1, 0.15) is 92.7 Å². The van der Waals surface area contributed by atoms with Crippen LogP contribution in [0.4, 0.5) is 35.5 Å². The molecule has 1 spiro atoms. The molecular formula is C32H32F7NO3. The summed E-state index contributed by atoms with van der Waals surface area (Å²) in [6.45, 7) is 3.66. The summed E-state index contributed by atoms with van der Waals surface area (Å²) >= 11 is 0. The number of alkyl halides is 6. The van der Waals surface area contributed by atoms with Crippen molar-refractivity contribution in [2.24, 2.45) is 5.41 Å². The molecule has 0 aromatic heterocycles. The van der Waals surface area contributed by atoms with Gasteiger partial charge in [-0.05, 0) is 109 Å². The van der Waals surface area contributed by atoms with Crippen molar-refractivity contribution in [1.82, 2.24) is 4.90 Å². The Morgan fingerprint density at radius 1 is 0.953 bits per heavy atom. The number of nitrogens with zero attached hydrogens (tertiary/aromatic N) is 1. The lowest BCUT2D eigenvalue weighted by molar-refractivity contribution is -0.143. The first-order valence-electron chi connectivity index (χ1n) is 14.4. The van der Waals surface area contributed by atoms with E-state index < -0.39 is 41.7 Å². The molecule has 2 aromatic rings. The van der Waals surface area contributed by atoms with Gasteiger partial charge in [0.15, 0.2) is 0 Å². The van der Waals surface area contributed by atoms with E-state index in [1.807, 2.05) is 13.0 Å². The van der Waals surface area contributed by atoms with Crippen molar-refractivity contribution in [2.75, 3.05) is 13.7 Å². The van der Waals surface area contributed by atoms with E-state index >= 15 is 4.39 Å². The normalized spacial score (nSPS) is 24.4. The molecule has 0 N–H and O–H groups in total. The zero-order valence-electron chi connectivity index (χ0n) is 24.0. The zero-order chi connectivity index (χ0) is 31.1. The Labute approximate surface area is 244 Å². The second kappa shape index (κ2) is 9.89. The second-order valence-electron chi connectivity index (χ2n) is 12.9. The Bertz CT molecular complexity index is 1470. The number of ether oxygens (including phenoxy) is 2. The molecule has 1 amide bonds. The second-order valence-corrected chi connectivity index (χ2v) is 12.9. The Balaban J connectivity index is 1.37. The van der Waals surface area contributed by atoms with Crippen molar-refractivity contribution < 1.29 is 45.0 Å². The maximum atomic E-state index is 15.1. The molecule has 2 saturated carbocycles. The molecule has 0 bridgehead atoms. The van der Waals surface area contributed by atoms with Crippen LogP contribution in [0.3, 0.4) is 0 Å². The van der Waals surface area contributed by atoms with Gasteiger partial charge >= 0.3 is 18.4 Å². The van der Waals surface area contributed by atoms with E-state index in [9.17, 15) is 31.1 Å². The maximum Gasteiger partial charge on any atom is 0.416 e. The van der Waals surface area contributed by atoms with Crippen LogP contribution in [-0.2, 0) is 22.5 Å². The Morgan fingerprint density at radius 2 is 1.58 bits per heavy atom. The molecule has 1 saturated heterocycles. The lowest BCUT2D eigenvalue weighted by atomic mass is 9.78. The quantitative estimate of drug-likeness (QED) is 0.306. The third-order valence-corrected chi connectivity index (χ3v) is 9.83. The standard InChI is InChI=1S/C32H32F7NO3/c1-17-27(18-10-20(31(34,35)36)12-21(11-18)32(37,38)39)43-28(41)40(17)16-19-15-30(8-9-30)5-4-22(19)23-13-24(29(2)6-7-29)25(33)14-26(23)42-3/h10-14,17,27H,4-9,15-16H2,1-3H3. The van der Waals surface area contributed by atoms with Crippen LogP contribution in [0.2, 0.25) is 0 Å². The van der Waals surface area contributed by atoms with Crippen molar-refractivity contribution in [3.8, 4) is 5.75 Å². The zero-order valence-corrected chi connectivity index (χ0v) is 24.0. The minimum absolute atomic E-state index is 0.0588. The van der Waals surface area contributed by atoms with Gasteiger partial charge in [0.05, 0.1) is 24.3 Å². The van der Waals surface area contributed by atoms with Gasteiger partial charge in [-0.3, -0.25) is 4.90 Å². The van der Waals surface area contributed by atoms with Gasteiger partial charge < -0.3 is 9.47 Å². The van der Waals surface area contributed by atoms with Crippen molar-refractivity contribution in [3.05, 3.63) is 69.5 Å². The van der Waals surface area contributed by atoms with Crippen LogP contribution in [0.25, 0.3) is 5.57 Å². The number of carbonyl (C=O) groups excluding carboxylic acids is 1. The summed E-state index contributed by atoms with van der Waals surface area (Å²) < 4.78 is 107. The van der Waals surface area contributed by atoms with Crippen LogP contribution >= 0.6 is 0 Å². The van der Waals surface area contributed by atoms with Crippen LogP contribution in [-0.4, -0.2) is 30.7 Å². The largest absolute Gasteiger partial charge is 0.496 e. The monoisotopic (exact) mass is 611 g/mol. The topological polar surface area (TPSA) is 38.8 Å². The number of methoxy groups -OCH3 is 1. The smallest absolute Gasteiger partial charge is 0.416 e. The van der Waals surface area contributed by atoms with Crippen LogP contribution in [0.15, 0.2) is 35.9 Å². The molecule has 0 radical (unpaired) electrons. The molecule has 232 valence electrons. The molecule has 2 unspecified atom stereocenters. The number of hydrogen-bond donors (Lipinski definition) is 0. The van der Waals surface area contributed by atoms with Gasteiger partial charge in [0.1, 0.15) is 17.7 Å². The first kappa shape index (κ1) is 29.8. The van der Waals surface area contributed by atoms with Crippen molar-refractivity contribution in [3.63, 3.8) is 0 Å². The van der Waals surface area contributed by atoms with Crippen molar-refractivity contribution in [2.45, 2.75) is 88.7 Å². The molecule has 1 aliphatic heterocycles. The van der Waals surface area contributed by atoms with Crippen molar-refractivity contribution >= 4 is 11.7 Å². The fourth-order valence-corrected chi connectivity index (χ4v) is 6.68. The summed E-state index contributed by atoms with van der Waals surface area (Å²) in [6, 6.07) is 3.68. The molecule has 1 heterocycles. The van der Waals surface area contributed by atoms with Crippen LogP contribution < -0.4 is 4.74 Å². The molecule has 43 heavy (non-hydrogen) atoms. The average Bonchev–Trinajstić information content (AvgIpc) is 3.85. The highest BCUT2D eigenvalue weighted by Gasteiger charge is 2.49. The summed E-state index contributed by atoms with van der Waals surface area (Å²) in [5, 5.41) is 0. The first-order valence-corrected chi connectivity index (χ1v) is 14.4. The van der Waals surface area contributed by atoms with Gasteiger partial charge in [-0.15, -0.1) is 0 Å². The minimum Gasteiger partial charge on any atom is -0.496 e. The lowest BCUT2D eigenvalue weighted by Crippen LogP contribution is -2.35. The Kier molecular flexibility index (Phi) is 6.86. The highest BCUT2D eigenvalue weighted by Crippen LogP contribution is 2.60. The molecule has 4 aliphatic rings. The molecular weight excluding hydrogens is 579 g/mol.